The number of rotatable bonds is 3. The van der Waals surface area contributed by atoms with Crippen molar-refractivity contribution in [2.45, 2.75) is 0 Å². The van der Waals surface area contributed by atoms with E-state index in [9.17, 15) is 9.59 Å². The zero-order valence-corrected chi connectivity index (χ0v) is 8.04. The summed E-state index contributed by atoms with van der Waals surface area (Å²) in [5, 5.41) is 0. The number of carbonyl (C=O) groups excluding carboxylic acids is 2. The van der Waals surface area contributed by atoms with E-state index in [1.54, 1.807) is 12.1 Å². The van der Waals surface area contributed by atoms with Crippen molar-refractivity contribution in [2.24, 2.45) is 0 Å². The molecule has 6 heteroatoms. The molecule has 2 amide bonds. The van der Waals surface area contributed by atoms with Crippen molar-refractivity contribution in [1.29, 1.82) is 0 Å². The van der Waals surface area contributed by atoms with E-state index in [2.05, 4.69) is 26.3 Å². The average molecular weight is 244 g/mol. The van der Waals surface area contributed by atoms with Crippen LogP contribution in [0.4, 0.5) is 0 Å². The first-order valence-corrected chi connectivity index (χ1v) is 4.15. The summed E-state index contributed by atoms with van der Waals surface area (Å²) in [6.07, 6.45) is 0.371. The fourth-order valence-corrected chi connectivity index (χ4v) is 1.04. The first kappa shape index (κ1) is 9.66. The van der Waals surface area contributed by atoms with Gasteiger partial charge in [0, 0.05) is 0 Å². The molecule has 0 bridgehead atoms. The van der Waals surface area contributed by atoms with E-state index in [0.29, 0.717) is 11.0 Å². The molecule has 0 aliphatic carbocycles. The molecule has 1 aromatic heterocycles. The predicted octanol–water partition coefficient (Wildman–Crippen LogP) is 0.235. The van der Waals surface area contributed by atoms with Gasteiger partial charge >= 0.3 is 0 Å². The summed E-state index contributed by atoms with van der Waals surface area (Å²) >= 11 is 3.12. The molecule has 13 heavy (non-hydrogen) atoms. The van der Waals surface area contributed by atoms with E-state index in [1.165, 1.54) is 6.07 Å². The number of hydrazine groups is 1. The van der Waals surface area contributed by atoms with Crippen molar-refractivity contribution in [3.63, 3.8) is 0 Å². The Morgan fingerprint density at radius 3 is 2.92 bits per heavy atom. The SMILES string of the molecule is O=CNNC(=O)c1cccc(Br)n1. The summed E-state index contributed by atoms with van der Waals surface area (Å²) < 4.78 is 0.561. The molecule has 0 atom stereocenters. The van der Waals surface area contributed by atoms with Crippen LogP contribution in [0.15, 0.2) is 22.8 Å². The molecular formula is C7H6BrN3O2. The summed E-state index contributed by atoms with van der Waals surface area (Å²) in [5.74, 6) is -0.464. The van der Waals surface area contributed by atoms with Gasteiger partial charge < -0.3 is 0 Å². The Balaban J connectivity index is 2.71. The van der Waals surface area contributed by atoms with E-state index in [0.717, 1.165) is 0 Å². The molecule has 68 valence electrons. The third-order valence-electron chi connectivity index (χ3n) is 1.19. The van der Waals surface area contributed by atoms with Gasteiger partial charge in [-0.15, -0.1) is 0 Å². The summed E-state index contributed by atoms with van der Waals surface area (Å²) in [6, 6.07) is 4.91. The minimum atomic E-state index is -0.464. The molecule has 1 rings (SSSR count). The van der Waals surface area contributed by atoms with Crippen LogP contribution in [-0.4, -0.2) is 17.3 Å². The molecule has 2 N–H and O–H groups in total. The van der Waals surface area contributed by atoms with E-state index in [4.69, 9.17) is 0 Å². The quantitative estimate of drug-likeness (QED) is 0.454. The number of halogens is 1. The van der Waals surface area contributed by atoms with E-state index in [-0.39, 0.29) is 5.69 Å². The molecule has 0 aromatic carbocycles. The lowest BCUT2D eigenvalue weighted by Crippen LogP contribution is -2.36. The Kier molecular flexibility index (Phi) is 3.39. The van der Waals surface area contributed by atoms with E-state index >= 15 is 0 Å². The van der Waals surface area contributed by atoms with Crippen molar-refractivity contribution in [1.82, 2.24) is 15.8 Å². The maximum Gasteiger partial charge on any atom is 0.288 e. The maximum atomic E-state index is 11.1. The highest BCUT2D eigenvalue weighted by Crippen LogP contribution is 2.05. The molecule has 1 aromatic rings. The van der Waals surface area contributed by atoms with Crippen molar-refractivity contribution in [3.8, 4) is 0 Å². The lowest BCUT2D eigenvalue weighted by Gasteiger charge is -2.01. The number of amides is 2. The Bertz CT molecular complexity index is 329. The zero-order valence-electron chi connectivity index (χ0n) is 6.45. The first-order valence-electron chi connectivity index (χ1n) is 3.36. The molecule has 5 nitrogen and oxygen atoms in total. The summed E-state index contributed by atoms with van der Waals surface area (Å²) in [4.78, 5) is 24.9. The zero-order chi connectivity index (χ0) is 9.68. The lowest BCUT2D eigenvalue weighted by molar-refractivity contribution is -0.110. The standard InChI is InChI=1S/C7H6BrN3O2/c8-6-3-1-2-5(10-6)7(13)11-9-4-12/h1-4H,(H,9,12)(H,11,13). The maximum absolute atomic E-state index is 11.1. The number of hydrogen-bond acceptors (Lipinski definition) is 3. The topological polar surface area (TPSA) is 71.1 Å². The Hall–Kier alpha value is -1.43. The van der Waals surface area contributed by atoms with Crippen molar-refractivity contribution < 1.29 is 9.59 Å². The molecule has 0 saturated heterocycles. The van der Waals surface area contributed by atoms with Gasteiger partial charge in [-0.25, -0.2) is 4.98 Å². The number of carbonyl (C=O) groups is 2. The highest BCUT2D eigenvalue weighted by molar-refractivity contribution is 9.10. The largest absolute Gasteiger partial charge is 0.288 e. The Labute approximate surface area is 82.6 Å². The van der Waals surface area contributed by atoms with Gasteiger partial charge in [0.1, 0.15) is 10.3 Å². The second kappa shape index (κ2) is 4.56. The number of nitrogens with zero attached hydrogens (tertiary/aromatic N) is 1. The van der Waals surface area contributed by atoms with Gasteiger partial charge in [-0.05, 0) is 28.1 Å². The van der Waals surface area contributed by atoms with Gasteiger partial charge in [0.2, 0.25) is 6.41 Å². The fraction of sp³-hybridized carbons (Fsp3) is 0. The molecular weight excluding hydrogens is 238 g/mol. The minimum absolute atomic E-state index is 0.226. The normalized spacial score (nSPS) is 9.00. The predicted molar refractivity (Wildman–Crippen MR) is 48.6 cm³/mol. The average Bonchev–Trinajstić information content (AvgIpc) is 2.14. The van der Waals surface area contributed by atoms with Gasteiger partial charge in [0.05, 0.1) is 0 Å². The van der Waals surface area contributed by atoms with Crippen molar-refractivity contribution >= 4 is 28.2 Å². The van der Waals surface area contributed by atoms with Crippen LogP contribution in [0, 0.1) is 0 Å². The minimum Gasteiger partial charge on any atom is -0.277 e. The molecule has 0 spiro atoms. The monoisotopic (exact) mass is 243 g/mol. The van der Waals surface area contributed by atoms with Crippen LogP contribution in [0.5, 0.6) is 0 Å². The fourth-order valence-electron chi connectivity index (χ4n) is 0.694. The molecule has 1 heterocycles. The molecule has 0 unspecified atom stereocenters. The van der Waals surface area contributed by atoms with Crippen LogP contribution in [-0.2, 0) is 4.79 Å². The molecule has 0 fully saturated rings. The van der Waals surface area contributed by atoms with Gasteiger partial charge in [-0.2, -0.15) is 0 Å². The molecule has 0 radical (unpaired) electrons. The van der Waals surface area contributed by atoms with Crippen LogP contribution >= 0.6 is 15.9 Å². The summed E-state index contributed by atoms with van der Waals surface area (Å²) in [5.41, 5.74) is 4.39. The molecule has 0 saturated carbocycles. The van der Waals surface area contributed by atoms with Gasteiger partial charge in [-0.1, -0.05) is 6.07 Å². The first-order chi connectivity index (χ1) is 6.24. The van der Waals surface area contributed by atoms with Gasteiger partial charge in [0.25, 0.3) is 5.91 Å². The third-order valence-corrected chi connectivity index (χ3v) is 1.63. The van der Waals surface area contributed by atoms with Gasteiger partial charge in [-0.3, -0.25) is 20.4 Å². The third kappa shape index (κ3) is 2.83. The number of hydrogen-bond donors (Lipinski definition) is 2. The number of pyridine rings is 1. The van der Waals surface area contributed by atoms with Crippen molar-refractivity contribution in [2.75, 3.05) is 0 Å². The Morgan fingerprint density at radius 2 is 2.31 bits per heavy atom. The number of nitrogens with one attached hydrogen (secondary N) is 2. The highest BCUT2D eigenvalue weighted by atomic mass is 79.9. The van der Waals surface area contributed by atoms with E-state index in [1.807, 2.05) is 5.43 Å². The summed E-state index contributed by atoms with van der Waals surface area (Å²) in [7, 11) is 0. The molecule has 0 aliphatic heterocycles. The van der Waals surface area contributed by atoms with Crippen LogP contribution in [0.1, 0.15) is 10.5 Å². The highest BCUT2D eigenvalue weighted by Gasteiger charge is 2.05. The van der Waals surface area contributed by atoms with Crippen LogP contribution in [0.25, 0.3) is 0 Å². The number of aromatic nitrogens is 1. The molecule has 0 aliphatic rings. The Morgan fingerprint density at radius 1 is 1.54 bits per heavy atom. The second-order valence-corrected chi connectivity index (χ2v) is 2.87. The van der Waals surface area contributed by atoms with Crippen LogP contribution in [0.2, 0.25) is 0 Å². The van der Waals surface area contributed by atoms with Gasteiger partial charge in [0.15, 0.2) is 0 Å². The van der Waals surface area contributed by atoms with Crippen LogP contribution in [0.3, 0.4) is 0 Å². The van der Waals surface area contributed by atoms with Crippen molar-refractivity contribution in [3.05, 3.63) is 28.5 Å². The van der Waals surface area contributed by atoms with Crippen LogP contribution < -0.4 is 10.9 Å². The summed E-state index contributed by atoms with van der Waals surface area (Å²) in [6.45, 7) is 0. The lowest BCUT2D eigenvalue weighted by atomic mass is 10.3. The second-order valence-electron chi connectivity index (χ2n) is 2.06. The smallest absolute Gasteiger partial charge is 0.277 e. The van der Waals surface area contributed by atoms with E-state index < -0.39 is 5.91 Å².